The zero-order valence-corrected chi connectivity index (χ0v) is 22.8. The summed E-state index contributed by atoms with van der Waals surface area (Å²) in [6.07, 6.45) is 12.4. The van der Waals surface area contributed by atoms with Crippen molar-refractivity contribution in [2.24, 2.45) is 5.92 Å². The molecule has 8 nitrogen and oxygen atoms in total. The molecule has 2 aromatic heterocycles. The zero-order valence-electron chi connectivity index (χ0n) is 22.8. The van der Waals surface area contributed by atoms with Crippen LogP contribution >= 0.6 is 0 Å². The number of allylic oxidation sites excluding steroid dienone is 4. The Bertz CT molecular complexity index is 1600. The average Bonchev–Trinajstić information content (AvgIpc) is 3.68. The third-order valence-corrected chi connectivity index (χ3v) is 7.81. The first-order valence-corrected chi connectivity index (χ1v) is 14.0. The van der Waals surface area contributed by atoms with E-state index in [1.165, 1.54) is 5.57 Å². The summed E-state index contributed by atoms with van der Waals surface area (Å²) in [4.78, 5) is 32.1. The van der Waals surface area contributed by atoms with Crippen LogP contribution in [0, 0.1) is 5.92 Å². The number of likely N-dealkylation sites (tertiary alicyclic amines) is 1. The van der Waals surface area contributed by atoms with E-state index in [9.17, 15) is 18.4 Å². The minimum absolute atomic E-state index is 0.0312. The average molecular weight is 559 g/mol. The van der Waals surface area contributed by atoms with Crippen LogP contribution in [0.1, 0.15) is 55.1 Å². The number of hydrogen-bond donors (Lipinski definition) is 3. The number of aromatic amines is 1. The van der Waals surface area contributed by atoms with Crippen LogP contribution < -0.4 is 10.6 Å². The molecule has 0 radical (unpaired) electrons. The van der Waals surface area contributed by atoms with E-state index in [2.05, 4.69) is 32.7 Å². The molecule has 1 aromatic carbocycles. The third-order valence-electron chi connectivity index (χ3n) is 7.81. The summed E-state index contributed by atoms with van der Waals surface area (Å²) in [5, 5.41) is 13.8. The number of fused-ring (bicyclic) bond motifs is 1. The molecule has 10 heteroatoms. The van der Waals surface area contributed by atoms with Gasteiger partial charge in [-0.15, -0.1) is 0 Å². The second-order valence-electron chi connectivity index (χ2n) is 11.0. The van der Waals surface area contributed by atoms with E-state index in [-0.39, 0.29) is 30.5 Å². The number of aromatic nitrogens is 3. The van der Waals surface area contributed by atoms with Gasteiger partial charge in [0.2, 0.25) is 5.91 Å². The number of alkyl halides is 2. The first-order valence-electron chi connectivity index (χ1n) is 14.0. The third kappa shape index (κ3) is 6.12. The van der Waals surface area contributed by atoms with Crippen molar-refractivity contribution in [2.75, 3.05) is 13.1 Å². The molecule has 6 rings (SSSR count). The van der Waals surface area contributed by atoms with Crippen LogP contribution in [0.2, 0.25) is 0 Å². The lowest BCUT2D eigenvalue weighted by atomic mass is 10.0. The minimum atomic E-state index is -2.64. The normalized spacial score (nSPS) is 18.9. The topological polar surface area (TPSA) is 103 Å². The number of carbonyl (C=O) groups excluding carboxylic acids is 2. The summed E-state index contributed by atoms with van der Waals surface area (Å²) in [5.74, 6) is -3.04. The predicted octanol–water partition coefficient (Wildman–Crippen LogP) is 5.23. The van der Waals surface area contributed by atoms with Gasteiger partial charge in [-0.2, -0.15) is 5.10 Å². The van der Waals surface area contributed by atoms with Crippen molar-refractivity contribution in [1.29, 1.82) is 0 Å². The SMILES string of the molecule is CCC1=CC=C(NC(=O)C2CC2)C(NC(=O)c2n[nH]c3ccc(-c4cncc(CN5CCC(F)(F)C5)c4)cc23)=CC1. The molecule has 1 saturated carbocycles. The van der Waals surface area contributed by atoms with Gasteiger partial charge in [0.05, 0.1) is 23.5 Å². The van der Waals surface area contributed by atoms with E-state index in [1.54, 1.807) is 17.3 Å². The summed E-state index contributed by atoms with van der Waals surface area (Å²) >= 11 is 0. The first-order chi connectivity index (χ1) is 19.8. The molecule has 2 fully saturated rings. The molecule has 3 aliphatic rings. The lowest BCUT2D eigenvalue weighted by Gasteiger charge is -2.16. The molecule has 3 heterocycles. The summed E-state index contributed by atoms with van der Waals surface area (Å²) in [6, 6.07) is 7.58. The Kier molecular flexibility index (Phi) is 7.25. The van der Waals surface area contributed by atoms with E-state index in [0.29, 0.717) is 41.8 Å². The first kappa shape index (κ1) is 27.0. The number of H-pyrrole nitrogens is 1. The molecule has 41 heavy (non-hydrogen) atoms. The molecule has 3 aromatic rings. The molecular weight excluding hydrogens is 526 g/mol. The molecule has 0 unspecified atom stereocenters. The maximum Gasteiger partial charge on any atom is 0.276 e. The maximum absolute atomic E-state index is 13.6. The molecule has 0 atom stereocenters. The number of pyridine rings is 1. The van der Waals surface area contributed by atoms with E-state index in [1.807, 2.05) is 42.5 Å². The number of nitrogens with zero attached hydrogens (tertiary/aromatic N) is 3. The molecule has 1 aliphatic heterocycles. The minimum Gasteiger partial charge on any atom is -0.324 e. The Morgan fingerprint density at radius 2 is 1.95 bits per heavy atom. The van der Waals surface area contributed by atoms with Crippen LogP contribution in [0.3, 0.4) is 0 Å². The summed E-state index contributed by atoms with van der Waals surface area (Å²) in [7, 11) is 0. The molecular formula is C31H32F2N6O2. The zero-order chi connectivity index (χ0) is 28.6. The number of carbonyl (C=O) groups is 2. The number of rotatable bonds is 8. The Labute approximate surface area is 236 Å². The highest BCUT2D eigenvalue weighted by atomic mass is 19.3. The van der Waals surface area contributed by atoms with Gasteiger partial charge in [0.1, 0.15) is 0 Å². The van der Waals surface area contributed by atoms with Crippen LogP contribution in [-0.4, -0.2) is 50.9 Å². The van der Waals surface area contributed by atoms with Gasteiger partial charge in [0, 0.05) is 48.8 Å². The number of halogens is 2. The Balaban J connectivity index is 1.23. The van der Waals surface area contributed by atoms with Crippen molar-refractivity contribution in [2.45, 2.75) is 51.5 Å². The van der Waals surface area contributed by atoms with Crippen LogP contribution in [-0.2, 0) is 11.3 Å². The Hall–Kier alpha value is -4.18. The highest BCUT2D eigenvalue weighted by Gasteiger charge is 2.38. The van der Waals surface area contributed by atoms with Gasteiger partial charge in [0.25, 0.3) is 11.8 Å². The van der Waals surface area contributed by atoms with Crippen LogP contribution in [0.25, 0.3) is 22.0 Å². The van der Waals surface area contributed by atoms with Crippen LogP contribution in [0.5, 0.6) is 0 Å². The fraction of sp³-hybridized carbons (Fsp3) is 0.355. The standard InChI is InChI=1S/C31H32F2N6O2/c1-2-19-3-8-26(35-29(40)21-5-6-21)27(9-4-19)36-30(41)28-24-14-22(7-10-25(24)37-38-28)23-13-20(15-34-16-23)17-39-12-11-31(32,33)18-39/h3,7-10,13-16,21H,2,4-6,11-12,17-18H2,1H3,(H,35,40)(H,36,41)(H,37,38). The van der Waals surface area contributed by atoms with Crippen molar-refractivity contribution in [3.05, 3.63) is 83.1 Å². The summed E-state index contributed by atoms with van der Waals surface area (Å²) in [5.41, 5.74) is 5.72. The van der Waals surface area contributed by atoms with Gasteiger partial charge in [0.15, 0.2) is 5.69 Å². The monoisotopic (exact) mass is 558 g/mol. The molecule has 1 saturated heterocycles. The van der Waals surface area contributed by atoms with Crippen molar-refractivity contribution in [1.82, 2.24) is 30.7 Å². The van der Waals surface area contributed by atoms with Gasteiger partial charge >= 0.3 is 0 Å². The predicted molar refractivity (Wildman–Crippen MR) is 152 cm³/mol. The van der Waals surface area contributed by atoms with E-state index < -0.39 is 11.8 Å². The maximum atomic E-state index is 13.6. The van der Waals surface area contributed by atoms with Crippen molar-refractivity contribution >= 4 is 22.7 Å². The second kappa shape index (κ2) is 11.0. The number of benzene rings is 1. The number of hydrogen-bond acceptors (Lipinski definition) is 5. The van der Waals surface area contributed by atoms with Crippen LogP contribution in [0.15, 0.2) is 71.9 Å². The molecule has 212 valence electrons. The summed E-state index contributed by atoms with van der Waals surface area (Å²) < 4.78 is 27.3. The lowest BCUT2D eigenvalue weighted by molar-refractivity contribution is -0.121. The van der Waals surface area contributed by atoms with Crippen molar-refractivity contribution < 1.29 is 18.4 Å². The molecule has 2 aliphatic carbocycles. The Morgan fingerprint density at radius 1 is 1.10 bits per heavy atom. The van der Waals surface area contributed by atoms with Gasteiger partial charge in [-0.25, -0.2) is 8.78 Å². The van der Waals surface area contributed by atoms with E-state index in [4.69, 9.17) is 0 Å². The highest BCUT2D eigenvalue weighted by molar-refractivity contribution is 6.06. The number of nitrogens with one attached hydrogen (secondary N) is 3. The Morgan fingerprint density at radius 3 is 2.71 bits per heavy atom. The van der Waals surface area contributed by atoms with E-state index in [0.717, 1.165) is 36.0 Å². The van der Waals surface area contributed by atoms with Crippen molar-refractivity contribution in [3.8, 4) is 11.1 Å². The van der Waals surface area contributed by atoms with Gasteiger partial charge in [-0.1, -0.05) is 30.7 Å². The largest absolute Gasteiger partial charge is 0.324 e. The molecule has 2 amide bonds. The smallest absolute Gasteiger partial charge is 0.276 e. The fourth-order valence-corrected chi connectivity index (χ4v) is 5.25. The number of amides is 2. The van der Waals surface area contributed by atoms with Gasteiger partial charge in [-0.05, 0) is 61.1 Å². The molecule has 3 N–H and O–H groups in total. The van der Waals surface area contributed by atoms with Gasteiger partial charge in [-0.3, -0.25) is 24.6 Å². The quantitative estimate of drug-likeness (QED) is 0.351. The summed E-state index contributed by atoms with van der Waals surface area (Å²) in [6.45, 7) is 2.58. The second-order valence-corrected chi connectivity index (χ2v) is 11.0. The fourth-order valence-electron chi connectivity index (χ4n) is 5.25. The highest BCUT2D eigenvalue weighted by Crippen LogP contribution is 2.31. The molecule has 0 bridgehead atoms. The van der Waals surface area contributed by atoms with Gasteiger partial charge < -0.3 is 10.6 Å². The van der Waals surface area contributed by atoms with Crippen LogP contribution in [0.4, 0.5) is 8.78 Å². The van der Waals surface area contributed by atoms with Crippen molar-refractivity contribution in [3.63, 3.8) is 0 Å². The van der Waals surface area contributed by atoms with E-state index >= 15 is 0 Å². The lowest BCUT2D eigenvalue weighted by Crippen LogP contribution is -2.32. The molecule has 0 spiro atoms.